The molecule has 0 unspecified atom stereocenters. The number of carbonyl (C=O) groups is 3. The summed E-state index contributed by atoms with van der Waals surface area (Å²) in [5.41, 5.74) is 3.75. The van der Waals surface area contributed by atoms with Crippen LogP contribution in [0.3, 0.4) is 0 Å². The molecule has 0 atom stereocenters. The predicted molar refractivity (Wildman–Crippen MR) is 175 cm³/mol. The Labute approximate surface area is 270 Å². The van der Waals surface area contributed by atoms with Gasteiger partial charge in [0.05, 0.1) is 31.5 Å². The van der Waals surface area contributed by atoms with Crippen LogP contribution in [0.2, 0.25) is 0 Å². The molecule has 2 aliphatic rings. The number of carbonyl (C=O) groups excluding carboxylic acids is 3. The number of piperazine rings is 1. The number of hydrogen-bond donors (Lipinski definition) is 2. The summed E-state index contributed by atoms with van der Waals surface area (Å²) < 4.78 is 16.7. The lowest BCUT2D eigenvalue weighted by atomic mass is 9.84. The summed E-state index contributed by atoms with van der Waals surface area (Å²) >= 11 is 0. The quantitative estimate of drug-likeness (QED) is 0.367. The van der Waals surface area contributed by atoms with Crippen molar-refractivity contribution in [2.75, 3.05) is 72.1 Å². The van der Waals surface area contributed by atoms with Crippen LogP contribution in [0.5, 0.6) is 11.5 Å². The number of methoxy groups -OCH3 is 2. The van der Waals surface area contributed by atoms with Crippen LogP contribution in [0.4, 0.5) is 5.69 Å². The number of anilines is 1. The molecule has 2 heterocycles. The fourth-order valence-corrected chi connectivity index (χ4v) is 5.61. The van der Waals surface area contributed by atoms with Gasteiger partial charge in [-0.2, -0.15) is 0 Å². The van der Waals surface area contributed by atoms with E-state index in [0.29, 0.717) is 67.5 Å². The maximum absolute atomic E-state index is 13.9. The van der Waals surface area contributed by atoms with Gasteiger partial charge in [0.15, 0.2) is 5.78 Å². The van der Waals surface area contributed by atoms with Gasteiger partial charge in [0, 0.05) is 63.6 Å². The van der Waals surface area contributed by atoms with Crippen LogP contribution in [0.1, 0.15) is 65.1 Å². The molecular formula is C32H44BrN5O6. The van der Waals surface area contributed by atoms with E-state index in [9.17, 15) is 14.4 Å². The van der Waals surface area contributed by atoms with E-state index in [1.165, 1.54) is 7.11 Å². The highest BCUT2D eigenvalue weighted by molar-refractivity contribution is 8.93. The molecule has 1 saturated heterocycles. The van der Waals surface area contributed by atoms with E-state index in [2.05, 4.69) is 31.0 Å². The number of benzene rings is 2. The third-order valence-corrected chi connectivity index (χ3v) is 7.89. The lowest BCUT2D eigenvalue weighted by molar-refractivity contribution is -0.135. The number of ketones is 1. The first-order chi connectivity index (χ1) is 20.4. The summed E-state index contributed by atoms with van der Waals surface area (Å²) in [5, 5.41) is 11.5. The number of nitrogens with zero attached hydrogens (tertiary/aromatic N) is 3. The van der Waals surface area contributed by atoms with E-state index in [1.54, 1.807) is 36.1 Å². The lowest BCUT2D eigenvalue weighted by Gasteiger charge is -2.38. The Balaban J connectivity index is 0.00000529. The van der Waals surface area contributed by atoms with Gasteiger partial charge in [-0.15, -0.1) is 17.0 Å². The first-order valence-corrected chi connectivity index (χ1v) is 14.6. The molecule has 2 aliphatic heterocycles. The van der Waals surface area contributed by atoms with Crippen LogP contribution in [0.15, 0.2) is 24.3 Å². The van der Waals surface area contributed by atoms with E-state index in [0.717, 1.165) is 16.8 Å². The standard InChI is InChI=1S/C32H43N5O6.BrH/c1-8-43-27-15-21-17-37(30(33)22(21)16-23(27)31(40)34-5)18-26(38)20-13-24(32(2,3)4)29(42-7)25(14-20)35-9-11-36(12-10-35)28(39)19-41-6;/h13-16,33H,8-12,17-19H2,1-7H3,(H,34,40);1H. The van der Waals surface area contributed by atoms with E-state index >= 15 is 0 Å². The number of ether oxygens (including phenoxy) is 3. The van der Waals surface area contributed by atoms with Gasteiger partial charge >= 0.3 is 0 Å². The lowest BCUT2D eigenvalue weighted by Crippen LogP contribution is -2.50. The van der Waals surface area contributed by atoms with E-state index in [1.807, 2.05) is 19.1 Å². The number of fused-ring (bicyclic) bond motifs is 1. The maximum atomic E-state index is 13.9. The summed E-state index contributed by atoms with van der Waals surface area (Å²) in [6, 6.07) is 7.23. The van der Waals surface area contributed by atoms with Gasteiger partial charge in [-0.1, -0.05) is 20.8 Å². The summed E-state index contributed by atoms with van der Waals surface area (Å²) in [7, 11) is 4.70. The minimum atomic E-state index is -0.310. The van der Waals surface area contributed by atoms with Crippen LogP contribution in [-0.2, 0) is 21.5 Å². The summed E-state index contributed by atoms with van der Waals surface area (Å²) in [6.07, 6.45) is 0. The average Bonchev–Trinajstić information content (AvgIpc) is 3.28. The average molecular weight is 675 g/mol. The fourth-order valence-electron chi connectivity index (χ4n) is 5.61. The molecule has 0 bridgehead atoms. The van der Waals surface area contributed by atoms with Crippen molar-refractivity contribution >= 4 is 46.1 Å². The number of halogens is 1. The van der Waals surface area contributed by atoms with Crippen molar-refractivity contribution in [3.8, 4) is 11.5 Å². The second-order valence-corrected chi connectivity index (χ2v) is 11.8. The molecule has 2 amide bonds. The SMILES string of the molecule is Br.CCOc1cc2c(cc1C(=O)NC)C(=N)N(CC(=O)c1cc(N3CCN(C(=O)COC)CC3)c(OC)c(C(C)(C)C)c1)C2. The Morgan fingerprint density at radius 2 is 1.70 bits per heavy atom. The monoisotopic (exact) mass is 673 g/mol. The molecule has 12 heteroatoms. The third-order valence-electron chi connectivity index (χ3n) is 7.89. The second-order valence-electron chi connectivity index (χ2n) is 11.8. The van der Waals surface area contributed by atoms with Crippen molar-refractivity contribution in [1.82, 2.24) is 15.1 Å². The molecule has 240 valence electrons. The zero-order valence-corrected chi connectivity index (χ0v) is 28.4. The van der Waals surface area contributed by atoms with Crippen molar-refractivity contribution in [3.63, 3.8) is 0 Å². The Kier molecular flexibility index (Phi) is 11.4. The van der Waals surface area contributed by atoms with Crippen molar-refractivity contribution in [2.24, 2.45) is 0 Å². The largest absolute Gasteiger partial charge is 0.494 e. The topological polar surface area (TPSA) is 124 Å². The predicted octanol–water partition coefficient (Wildman–Crippen LogP) is 3.65. The number of rotatable bonds is 10. The fraction of sp³-hybridized carbons (Fsp3) is 0.500. The smallest absolute Gasteiger partial charge is 0.254 e. The van der Waals surface area contributed by atoms with Gasteiger partial charge in [-0.05, 0) is 42.2 Å². The summed E-state index contributed by atoms with van der Waals surface area (Å²) in [6.45, 7) is 11.2. The highest BCUT2D eigenvalue weighted by Crippen LogP contribution is 2.41. The van der Waals surface area contributed by atoms with E-state index in [4.69, 9.17) is 19.6 Å². The van der Waals surface area contributed by atoms with Gasteiger partial charge in [-0.25, -0.2) is 0 Å². The van der Waals surface area contributed by atoms with Crippen molar-refractivity contribution < 1.29 is 28.6 Å². The molecule has 44 heavy (non-hydrogen) atoms. The maximum Gasteiger partial charge on any atom is 0.254 e. The molecular weight excluding hydrogens is 630 g/mol. The summed E-state index contributed by atoms with van der Waals surface area (Å²) in [5.74, 6) is 0.902. The molecule has 2 aromatic carbocycles. The second kappa shape index (κ2) is 14.4. The van der Waals surface area contributed by atoms with E-state index in [-0.39, 0.29) is 59.0 Å². The van der Waals surface area contributed by atoms with Gasteiger partial charge in [-0.3, -0.25) is 19.8 Å². The Morgan fingerprint density at radius 3 is 2.27 bits per heavy atom. The first kappa shape index (κ1) is 34.8. The number of amides is 2. The molecule has 11 nitrogen and oxygen atoms in total. The van der Waals surface area contributed by atoms with Crippen LogP contribution in [-0.4, -0.2) is 100 Å². The number of amidine groups is 1. The molecule has 4 rings (SSSR count). The Hall–Kier alpha value is -3.64. The molecule has 0 spiro atoms. The van der Waals surface area contributed by atoms with Crippen LogP contribution >= 0.6 is 17.0 Å². The molecule has 0 saturated carbocycles. The number of nitrogens with one attached hydrogen (secondary N) is 2. The minimum Gasteiger partial charge on any atom is -0.494 e. The van der Waals surface area contributed by atoms with Gasteiger partial charge < -0.3 is 34.2 Å². The summed E-state index contributed by atoms with van der Waals surface area (Å²) in [4.78, 5) is 44.4. The number of Topliss-reactive ketones (excluding diaryl/α,β-unsaturated/α-hetero) is 1. The zero-order chi connectivity index (χ0) is 31.5. The highest BCUT2D eigenvalue weighted by atomic mass is 79.9. The molecule has 2 aromatic rings. The van der Waals surface area contributed by atoms with E-state index < -0.39 is 0 Å². The van der Waals surface area contributed by atoms with Gasteiger partial charge in [0.1, 0.15) is 23.9 Å². The van der Waals surface area contributed by atoms with Crippen LogP contribution < -0.4 is 19.7 Å². The normalized spacial score (nSPS) is 14.6. The van der Waals surface area contributed by atoms with Gasteiger partial charge in [0.25, 0.3) is 5.91 Å². The number of hydrogen-bond acceptors (Lipinski definition) is 8. The molecule has 2 N–H and O–H groups in total. The van der Waals surface area contributed by atoms with Crippen LogP contribution in [0.25, 0.3) is 0 Å². The Bertz CT molecular complexity index is 1410. The minimum absolute atomic E-state index is 0. The van der Waals surface area contributed by atoms with Crippen molar-refractivity contribution in [3.05, 3.63) is 52.1 Å². The zero-order valence-electron chi connectivity index (χ0n) is 26.7. The molecule has 0 aromatic heterocycles. The van der Waals surface area contributed by atoms with Crippen molar-refractivity contribution in [2.45, 2.75) is 39.7 Å². The van der Waals surface area contributed by atoms with Gasteiger partial charge in [0.2, 0.25) is 5.91 Å². The Morgan fingerprint density at radius 1 is 1.02 bits per heavy atom. The van der Waals surface area contributed by atoms with Crippen LogP contribution in [0, 0.1) is 5.41 Å². The van der Waals surface area contributed by atoms with Crippen molar-refractivity contribution in [1.29, 1.82) is 5.41 Å². The first-order valence-electron chi connectivity index (χ1n) is 14.6. The molecule has 0 radical (unpaired) electrons. The third kappa shape index (κ3) is 7.18. The molecule has 0 aliphatic carbocycles. The highest BCUT2D eigenvalue weighted by Gasteiger charge is 2.32. The molecule has 1 fully saturated rings.